The van der Waals surface area contributed by atoms with Crippen molar-refractivity contribution in [2.75, 3.05) is 14.2 Å². The van der Waals surface area contributed by atoms with Crippen LogP contribution in [0, 0.1) is 5.41 Å². The topological polar surface area (TPSA) is 61.8 Å². The maximum absolute atomic E-state index is 12.1. The molecule has 1 aliphatic rings. The fourth-order valence-corrected chi connectivity index (χ4v) is 3.38. The van der Waals surface area contributed by atoms with Gasteiger partial charge in [0.1, 0.15) is 0 Å². The zero-order valence-corrected chi connectivity index (χ0v) is 13.9. The number of methoxy groups -OCH3 is 2. The van der Waals surface area contributed by atoms with Crippen molar-refractivity contribution in [2.24, 2.45) is 5.41 Å². The van der Waals surface area contributed by atoms with Gasteiger partial charge in [0.15, 0.2) is 5.41 Å². The van der Waals surface area contributed by atoms with Crippen molar-refractivity contribution in [3.63, 3.8) is 0 Å². The van der Waals surface area contributed by atoms with Crippen molar-refractivity contribution >= 4 is 20.3 Å². The minimum Gasteiger partial charge on any atom is -0.548 e. The lowest BCUT2D eigenvalue weighted by Crippen LogP contribution is -2.41. The first-order valence-electron chi connectivity index (χ1n) is 6.80. The van der Waals surface area contributed by atoms with Gasteiger partial charge >= 0.3 is 11.9 Å². The summed E-state index contributed by atoms with van der Waals surface area (Å²) < 4.78 is 15.6. The number of hydrogen-bond donors (Lipinski definition) is 0. The first-order valence-corrected chi connectivity index (χ1v) is 10.2. The summed E-state index contributed by atoms with van der Waals surface area (Å²) in [4.78, 5) is 24.1. The molecule has 20 heavy (non-hydrogen) atoms. The Balaban J connectivity index is 2.90. The minimum atomic E-state index is -1.68. The smallest absolute Gasteiger partial charge is 0.323 e. The summed E-state index contributed by atoms with van der Waals surface area (Å²) in [6, 6.07) is 0. The highest BCUT2D eigenvalue weighted by Crippen LogP contribution is 2.38. The van der Waals surface area contributed by atoms with Crippen LogP contribution in [0.3, 0.4) is 0 Å². The molecule has 0 saturated heterocycles. The van der Waals surface area contributed by atoms with Crippen LogP contribution in [0.1, 0.15) is 25.7 Å². The van der Waals surface area contributed by atoms with Crippen LogP contribution in [0.2, 0.25) is 19.6 Å². The molecule has 0 spiro atoms. The van der Waals surface area contributed by atoms with Gasteiger partial charge in [-0.15, -0.1) is 0 Å². The van der Waals surface area contributed by atoms with E-state index in [4.69, 9.17) is 13.9 Å². The van der Waals surface area contributed by atoms with E-state index >= 15 is 0 Å². The summed E-state index contributed by atoms with van der Waals surface area (Å²) in [6.07, 6.45) is 3.89. The lowest BCUT2D eigenvalue weighted by molar-refractivity contribution is -0.170. The number of allylic oxidation sites excluding steroid dienone is 2. The SMILES string of the molecule is COC(=O)C1(C(=O)OC)CCC=C(O[Si](C)(C)C)CC1. The van der Waals surface area contributed by atoms with E-state index in [1.807, 2.05) is 6.08 Å². The predicted molar refractivity (Wildman–Crippen MR) is 77.4 cm³/mol. The zero-order chi connectivity index (χ0) is 15.4. The van der Waals surface area contributed by atoms with Crippen LogP contribution in [0.5, 0.6) is 0 Å². The molecule has 1 rings (SSSR count). The number of carbonyl (C=O) groups excluding carboxylic acids is 2. The first kappa shape index (κ1) is 16.8. The van der Waals surface area contributed by atoms with Crippen molar-refractivity contribution in [2.45, 2.75) is 45.3 Å². The summed E-state index contributed by atoms with van der Waals surface area (Å²) in [5.74, 6) is -0.169. The van der Waals surface area contributed by atoms with E-state index in [-0.39, 0.29) is 0 Å². The molecule has 0 unspecified atom stereocenters. The monoisotopic (exact) mass is 300 g/mol. The van der Waals surface area contributed by atoms with E-state index in [0.717, 1.165) is 5.76 Å². The number of rotatable bonds is 4. The van der Waals surface area contributed by atoms with Gasteiger partial charge in [0.2, 0.25) is 8.32 Å². The summed E-state index contributed by atoms with van der Waals surface area (Å²) in [6.45, 7) is 6.31. The third kappa shape index (κ3) is 3.85. The number of ether oxygens (including phenoxy) is 2. The second-order valence-electron chi connectivity index (χ2n) is 5.99. The zero-order valence-electron chi connectivity index (χ0n) is 12.9. The van der Waals surface area contributed by atoms with Crippen molar-refractivity contribution in [1.29, 1.82) is 0 Å². The molecule has 0 aromatic carbocycles. The molecule has 0 aliphatic heterocycles. The van der Waals surface area contributed by atoms with Gasteiger partial charge in [-0.2, -0.15) is 0 Å². The molecule has 1 aliphatic carbocycles. The second kappa shape index (κ2) is 6.43. The van der Waals surface area contributed by atoms with Crippen LogP contribution < -0.4 is 0 Å². The molecule has 0 aromatic rings. The van der Waals surface area contributed by atoms with Crippen LogP contribution in [-0.2, 0) is 23.5 Å². The normalized spacial score (nSPS) is 18.6. The fourth-order valence-electron chi connectivity index (χ4n) is 2.41. The second-order valence-corrected chi connectivity index (χ2v) is 10.4. The molecule has 0 saturated carbocycles. The summed E-state index contributed by atoms with van der Waals surface area (Å²) in [5.41, 5.74) is -1.20. The minimum absolute atomic E-state index is 0.364. The molecule has 0 N–H and O–H groups in total. The van der Waals surface area contributed by atoms with Crippen LogP contribution in [0.25, 0.3) is 0 Å². The first-order chi connectivity index (χ1) is 9.25. The molecule has 0 fully saturated rings. The van der Waals surface area contributed by atoms with Crippen LogP contribution in [0.15, 0.2) is 11.8 Å². The molecular formula is C14H24O5Si. The van der Waals surface area contributed by atoms with Gasteiger partial charge in [-0.05, 0) is 45.0 Å². The lowest BCUT2D eigenvalue weighted by atomic mass is 9.80. The highest BCUT2D eigenvalue weighted by molar-refractivity contribution is 6.70. The Morgan fingerprint density at radius 2 is 1.65 bits per heavy atom. The van der Waals surface area contributed by atoms with Gasteiger partial charge < -0.3 is 13.9 Å². The molecule has 6 heteroatoms. The van der Waals surface area contributed by atoms with Gasteiger partial charge in [-0.25, -0.2) is 0 Å². The molecule has 0 bridgehead atoms. The van der Waals surface area contributed by atoms with Gasteiger partial charge in [-0.3, -0.25) is 9.59 Å². The van der Waals surface area contributed by atoms with E-state index < -0.39 is 25.7 Å². The number of carbonyl (C=O) groups is 2. The molecule has 0 radical (unpaired) electrons. The van der Waals surface area contributed by atoms with Crippen molar-refractivity contribution < 1.29 is 23.5 Å². The van der Waals surface area contributed by atoms with E-state index in [9.17, 15) is 9.59 Å². The van der Waals surface area contributed by atoms with Crippen molar-refractivity contribution in [3.05, 3.63) is 11.8 Å². The maximum Gasteiger partial charge on any atom is 0.323 e. The average molecular weight is 300 g/mol. The van der Waals surface area contributed by atoms with Crippen LogP contribution in [0.4, 0.5) is 0 Å². The highest BCUT2D eigenvalue weighted by Gasteiger charge is 2.48. The largest absolute Gasteiger partial charge is 0.548 e. The Morgan fingerprint density at radius 3 is 2.10 bits per heavy atom. The predicted octanol–water partition coefficient (Wildman–Crippen LogP) is 2.63. The standard InChI is InChI=1S/C14H24O5Si/c1-17-12(15)14(13(16)18-2)9-6-7-11(8-10-14)19-20(3,4)5/h7H,6,8-10H2,1-5H3. The number of hydrogen-bond acceptors (Lipinski definition) is 5. The van der Waals surface area contributed by atoms with Crippen molar-refractivity contribution in [3.8, 4) is 0 Å². The Labute approximate surface area is 121 Å². The summed E-state index contributed by atoms with van der Waals surface area (Å²) in [7, 11) is 0.908. The van der Waals surface area contributed by atoms with E-state index in [2.05, 4.69) is 19.6 Å². The third-order valence-corrected chi connectivity index (χ3v) is 4.21. The van der Waals surface area contributed by atoms with E-state index in [1.54, 1.807) is 0 Å². The van der Waals surface area contributed by atoms with Crippen LogP contribution >= 0.6 is 0 Å². The fraction of sp³-hybridized carbons (Fsp3) is 0.714. The molecule has 0 heterocycles. The Morgan fingerprint density at radius 1 is 1.10 bits per heavy atom. The maximum atomic E-state index is 12.1. The van der Waals surface area contributed by atoms with Crippen molar-refractivity contribution in [1.82, 2.24) is 0 Å². The Kier molecular flexibility index (Phi) is 5.39. The quantitative estimate of drug-likeness (QED) is 0.454. The molecule has 0 aromatic heterocycles. The Hall–Kier alpha value is -1.30. The van der Waals surface area contributed by atoms with Crippen LogP contribution in [-0.4, -0.2) is 34.5 Å². The molecule has 0 atom stereocenters. The molecular weight excluding hydrogens is 276 g/mol. The molecule has 114 valence electrons. The number of esters is 2. The van der Waals surface area contributed by atoms with Gasteiger partial charge in [0.05, 0.1) is 20.0 Å². The molecule has 0 amide bonds. The third-order valence-electron chi connectivity index (χ3n) is 3.33. The Bertz CT molecular complexity index is 392. The van der Waals surface area contributed by atoms with Gasteiger partial charge in [0.25, 0.3) is 0 Å². The van der Waals surface area contributed by atoms with E-state index in [1.165, 1.54) is 14.2 Å². The molecule has 5 nitrogen and oxygen atoms in total. The average Bonchev–Trinajstić information content (AvgIpc) is 2.58. The van der Waals surface area contributed by atoms with Gasteiger partial charge in [-0.1, -0.05) is 0 Å². The van der Waals surface area contributed by atoms with Gasteiger partial charge in [0, 0.05) is 6.42 Å². The summed E-state index contributed by atoms with van der Waals surface area (Å²) >= 11 is 0. The highest BCUT2D eigenvalue weighted by atomic mass is 28.4. The van der Waals surface area contributed by atoms with E-state index in [0.29, 0.717) is 25.7 Å². The lowest BCUT2D eigenvalue weighted by Gasteiger charge is -2.27. The summed E-state index contributed by atoms with van der Waals surface area (Å²) in [5, 5.41) is 0.